The van der Waals surface area contributed by atoms with Crippen LogP contribution >= 0.6 is 0 Å². The van der Waals surface area contributed by atoms with Crippen LogP contribution in [0.15, 0.2) is 24.3 Å². The van der Waals surface area contributed by atoms with Gasteiger partial charge in [0.15, 0.2) is 0 Å². The van der Waals surface area contributed by atoms with Crippen molar-refractivity contribution in [3.63, 3.8) is 0 Å². The van der Waals surface area contributed by atoms with E-state index in [2.05, 4.69) is 0 Å². The van der Waals surface area contributed by atoms with E-state index in [9.17, 15) is 4.48 Å². The Morgan fingerprint density at radius 2 is 2.22 bits per heavy atom. The van der Waals surface area contributed by atoms with E-state index in [0.29, 0.717) is 0 Å². The Hall–Kier alpha value is -1.25. The maximum absolute atomic E-state index is 11.5. The Morgan fingerprint density at radius 3 is 2.67 bits per heavy atom. The summed E-state index contributed by atoms with van der Waals surface area (Å²) >= 11 is 0. The molecule has 0 aliphatic rings. The van der Waals surface area contributed by atoms with Crippen LogP contribution in [0.3, 0.4) is 0 Å². The van der Waals surface area contributed by atoms with E-state index in [1.165, 1.54) is 23.7 Å². The van der Waals surface area contributed by atoms with Gasteiger partial charge in [0, 0.05) is 6.07 Å². The predicted octanol–water partition coefficient (Wildman–Crippen LogP) is 1.69. The minimum Gasteiger partial charge on any atom is -0.508 e. The van der Waals surface area contributed by atoms with Crippen molar-refractivity contribution in [2.75, 3.05) is 5.54 Å². The number of phenolic OH excluding ortho intramolecular Hbond substituents is 1. The Bertz CT molecular complexity index is 202. The van der Waals surface area contributed by atoms with Crippen molar-refractivity contribution in [1.29, 1.82) is 0 Å². The first kappa shape index (κ1) is 5.88. The number of hydrogen-bond acceptors (Lipinski definition) is 2. The molecule has 0 radical (unpaired) electrons. The monoisotopic (exact) mass is 127 g/mol. The lowest BCUT2D eigenvalue weighted by Crippen LogP contribution is -1.78. The van der Waals surface area contributed by atoms with Crippen LogP contribution in [0.1, 0.15) is 0 Å². The molecular weight excluding hydrogens is 121 g/mol. The Morgan fingerprint density at radius 1 is 1.44 bits per heavy atom. The lowest BCUT2D eigenvalue weighted by atomic mass is 10.3. The molecule has 0 saturated carbocycles. The molecule has 0 bridgehead atoms. The zero-order chi connectivity index (χ0) is 6.69. The van der Waals surface area contributed by atoms with Gasteiger partial charge >= 0.3 is 0 Å². The lowest BCUT2D eigenvalue weighted by molar-refractivity contribution is 0.475. The minimum atomic E-state index is 0.0534. The third kappa shape index (κ3) is 1.32. The van der Waals surface area contributed by atoms with Gasteiger partial charge in [-0.25, -0.2) is 5.54 Å². The molecule has 1 aromatic carbocycles. The summed E-state index contributed by atoms with van der Waals surface area (Å²) in [6.45, 7) is 0. The highest BCUT2D eigenvalue weighted by molar-refractivity contribution is 5.45. The molecule has 0 fully saturated rings. The van der Waals surface area contributed by atoms with Gasteiger partial charge in [-0.15, -0.1) is 4.48 Å². The number of phenols is 1. The number of hydrogen-bond donors (Lipinski definition) is 2. The fourth-order valence-corrected chi connectivity index (χ4v) is 0.565. The molecule has 0 atom stereocenters. The third-order valence-corrected chi connectivity index (χ3v) is 0.955. The van der Waals surface area contributed by atoms with Crippen molar-refractivity contribution in [2.24, 2.45) is 0 Å². The van der Waals surface area contributed by atoms with Crippen molar-refractivity contribution in [3.8, 4) is 5.75 Å². The average Bonchev–Trinajstić information content (AvgIpc) is 1.88. The van der Waals surface area contributed by atoms with E-state index >= 15 is 0 Å². The molecule has 0 unspecified atom stereocenters. The molecule has 1 rings (SSSR count). The number of anilines is 1. The smallest absolute Gasteiger partial charge is 0.117 e. The second-order valence-electron chi connectivity index (χ2n) is 1.64. The highest BCUT2D eigenvalue weighted by Gasteiger charge is 1.88. The van der Waals surface area contributed by atoms with Crippen LogP contribution in [0.2, 0.25) is 0 Å². The fourth-order valence-electron chi connectivity index (χ4n) is 0.565. The average molecular weight is 127 g/mol. The van der Waals surface area contributed by atoms with E-state index in [0.717, 1.165) is 0 Å². The van der Waals surface area contributed by atoms with E-state index in [1.807, 2.05) is 0 Å². The van der Waals surface area contributed by atoms with Gasteiger partial charge in [0.2, 0.25) is 0 Å². The van der Waals surface area contributed by atoms with Crippen LogP contribution in [0, 0.1) is 0 Å². The first-order valence-corrected chi connectivity index (χ1v) is 2.48. The van der Waals surface area contributed by atoms with Crippen LogP contribution in [0.25, 0.3) is 0 Å². The first-order valence-electron chi connectivity index (χ1n) is 2.48. The predicted molar refractivity (Wildman–Crippen MR) is 32.8 cm³/mol. The zero-order valence-electron chi connectivity index (χ0n) is 4.63. The normalized spacial score (nSPS) is 9.00. The van der Waals surface area contributed by atoms with Crippen LogP contribution in [-0.2, 0) is 0 Å². The van der Waals surface area contributed by atoms with E-state index in [-0.39, 0.29) is 11.4 Å². The zero-order valence-corrected chi connectivity index (χ0v) is 4.63. The highest BCUT2D eigenvalue weighted by atomic mass is 19.2. The van der Waals surface area contributed by atoms with Gasteiger partial charge in [-0.3, -0.25) is 0 Å². The summed E-state index contributed by atoms with van der Waals surface area (Å²) in [7, 11) is 0. The molecule has 0 aromatic heterocycles. The van der Waals surface area contributed by atoms with Crippen molar-refractivity contribution in [1.82, 2.24) is 0 Å². The second-order valence-corrected chi connectivity index (χ2v) is 1.64. The minimum absolute atomic E-state index is 0.0534. The Labute approximate surface area is 51.9 Å². The summed E-state index contributed by atoms with van der Waals surface area (Å²) in [4.78, 5) is 0. The molecular formula is C6H6FNO. The molecule has 0 aliphatic carbocycles. The number of nitrogens with one attached hydrogen (secondary N) is 1. The van der Waals surface area contributed by atoms with Crippen LogP contribution in [0.5, 0.6) is 5.75 Å². The summed E-state index contributed by atoms with van der Waals surface area (Å²) < 4.78 is 11.5. The third-order valence-electron chi connectivity index (χ3n) is 0.955. The van der Waals surface area contributed by atoms with Gasteiger partial charge in [0.1, 0.15) is 5.75 Å². The van der Waals surface area contributed by atoms with E-state index in [4.69, 9.17) is 5.11 Å². The summed E-state index contributed by atoms with van der Waals surface area (Å²) in [5.74, 6) is 0.0534. The molecule has 9 heavy (non-hydrogen) atoms. The number of halogens is 1. The molecule has 0 amide bonds. The summed E-state index contributed by atoms with van der Waals surface area (Å²) in [5, 5.41) is 8.74. The van der Waals surface area contributed by atoms with Gasteiger partial charge < -0.3 is 5.11 Å². The maximum atomic E-state index is 11.5. The molecule has 0 heterocycles. The standard InChI is InChI=1S/C6H6FNO/c7-8-5-2-1-3-6(9)4-5/h1-4,8-9H. The molecule has 48 valence electrons. The fraction of sp³-hybridized carbons (Fsp3) is 0. The molecule has 0 aliphatic heterocycles. The topological polar surface area (TPSA) is 32.3 Å². The highest BCUT2D eigenvalue weighted by Crippen LogP contribution is 2.14. The van der Waals surface area contributed by atoms with Gasteiger partial charge in [-0.05, 0) is 12.1 Å². The van der Waals surface area contributed by atoms with Gasteiger partial charge in [-0.1, -0.05) is 6.07 Å². The van der Waals surface area contributed by atoms with Crippen LogP contribution in [0.4, 0.5) is 10.2 Å². The Balaban J connectivity index is 2.94. The van der Waals surface area contributed by atoms with Crippen molar-refractivity contribution >= 4 is 5.69 Å². The Kier molecular flexibility index (Phi) is 1.53. The summed E-state index contributed by atoms with van der Waals surface area (Å²) in [5.41, 5.74) is 1.67. The summed E-state index contributed by atoms with van der Waals surface area (Å²) in [6, 6.07) is 5.83. The molecule has 0 spiro atoms. The molecule has 2 nitrogen and oxygen atoms in total. The van der Waals surface area contributed by atoms with Crippen LogP contribution < -0.4 is 5.54 Å². The maximum Gasteiger partial charge on any atom is 0.117 e. The van der Waals surface area contributed by atoms with Crippen molar-refractivity contribution in [3.05, 3.63) is 24.3 Å². The van der Waals surface area contributed by atoms with Crippen LogP contribution in [-0.4, -0.2) is 5.11 Å². The largest absolute Gasteiger partial charge is 0.508 e. The summed E-state index contributed by atoms with van der Waals surface area (Å²) in [6.07, 6.45) is 0. The van der Waals surface area contributed by atoms with Gasteiger partial charge in [0.05, 0.1) is 5.69 Å². The first-order chi connectivity index (χ1) is 4.33. The number of rotatable bonds is 1. The molecule has 2 N–H and O–H groups in total. The van der Waals surface area contributed by atoms with E-state index < -0.39 is 0 Å². The quantitative estimate of drug-likeness (QED) is 0.562. The van der Waals surface area contributed by atoms with Crippen molar-refractivity contribution < 1.29 is 9.59 Å². The lowest BCUT2D eigenvalue weighted by Gasteiger charge is -1.94. The van der Waals surface area contributed by atoms with Gasteiger partial charge in [-0.2, -0.15) is 0 Å². The second kappa shape index (κ2) is 2.35. The SMILES string of the molecule is Oc1cccc(NF)c1. The number of benzene rings is 1. The van der Waals surface area contributed by atoms with Gasteiger partial charge in [0.25, 0.3) is 0 Å². The van der Waals surface area contributed by atoms with Crippen molar-refractivity contribution in [2.45, 2.75) is 0 Å². The van der Waals surface area contributed by atoms with E-state index in [1.54, 1.807) is 6.07 Å². The molecule has 0 saturated heterocycles. The molecule has 1 aromatic rings. The molecule has 3 heteroatoms. The number of aromatic hydroxyl groups is 1.